The van der Waals surface area contributed by atoms with Crippen LogP contribution in [0.2, 0.25) is 0 Å². The molecule has 0 bridgehead atoms. The van der Waals surface area contributed by atoms with Gasteiger partial charge < -0.3 is 15.0 Å². The van der Waals surface area contributed by atoms with Gasteiger partial charge in [-0.25, -0.2) is 0 Å². The Morgan fingerprint density at radius 3 is 2.56 bits per heavy atom. The number of hydrogen-bond acceptors (Lipinski definition) is 3. The number of carbonyl (C=O) groups is 1. The van der Waals surface area contributed by atoms with E-state index < -0.39 is 0 Å². The molecule has 2 rings (SSSR count). The number of methoxy groups -OCH3 is 1. The first-order valence-corrected chi connectivity index (χ1v) is 6.31. The SMILES string of the molecule is COCCN1CCC(NC(=O)C2CC2)CC1. The molecule has 1 aliphatic carbocycles. The first-order valence-electron chi connectivity index (χ1n) is 6.31. The van der Waals surface area contributed by atoms with Crippen molar-refractivity contribution in [1.29, 1.82) is 0 Å². The molecule has 2 fully saturated rings. The summed E-state index contributed by atoms with van der Waals surface area (Å²) in [4.78, 5) is 14.0. The van der Waals surface area contributed by atoms with E-state index in [1.165, 1.54) is 0 Å². The summed E-state index contributed by atoms with van der Waals surface area (Å²) >= 11 is 0. The highest BCUT2D eigenvalue weighted by atomic mass is 16.5. The Hall–Kier alpha value is -0.610. The highest BCUT2D eigenvalue weighted by molar-refractivity contribution is 5.81. The molecule has 16 heavy (non-hydrogen) atoms. The van der Waals surface area contributed by atoms with Crippen LogP contribution in [0.1, 0.15) is 25.7 Å². The Morgan fingerprint density at radius 2 is 2.00 bits per heavy atom. The molecule has 0 spiro atoms. The van der Waals surface area contributed by atoms with Crippen LogP contribution in [0.3, 0.4) is 0 Å². The number of hydrogen-bond donors (Lipinski definition) is 1. The molecule has 0 radical (unpaired) electrons. The summed E-state index contributed by atoms with van der Waals surface area (Å²) in [5.74, 6) is 0.627. The lowest BCUT2D eigenvalue weighted by Gasteiger charge is -2.32. The molecule has 1 aliphatic heterocycles. The third kappa shape index (κ3) is 3.46. The molecule has 4 nitrogen and oxygen atoms in total. The predicted octanol–water partition coefficient (Wildman–Crippen LogP) is 0.623. The van der Waals surface area contributed by atoms with E-state index in [9.17, 15) is 4.79 Å². The maximum atomic E-state index is 11.6. The quantitative estimate of drug-likeness (QED) is 0.747. The second-order valence-corrected chi connectivity index (χ2v) is 4.89. The Morgan fingerprint density at radius 1 is 1.31 bits per heavy atom. The normalized spacial score (nSPS) is 23.3. The molecule has 1 N–H and O–H groups in total. The summed E-state index contributed by atoms with van der Waals surface area (Å²) in [7, 11) is 1.74. The van der Waals surface area contributed by atoms with Gasteiger partial charge in [-0.2, -0.15) is 0 Å². The summed E-state index contributed by atoms with van der Waals surface area (Å²) in [5.41, 5.74) is 0. The van der Waals surface area contributed by atoms with Crippen molar-refractivity contribution in [2.24, 2.45) is 5.92 Å². The standard InChI is InChI=1S/C12H22N2O2/c1-16-9-8-14-6-4-11(5-7-14)13-12(15)10-2-3-10/h10-11H,2-9H2,1H3,(H,13,15). The number of ether oxygens (including phenoxy) is 1. The maximum Gasteiger partial charge on any atom is 0.223 e. The van der Waals surface area contributed by atoms with Gasteiger partial charge >= 0.3 is 0 Å². The number of amides is 1. The van der Waals surface area contributed by atoms with Crippen molar-refractivity contribution in [3.05, 3.63) is 0 Å². The molecular formula is C12H22N2O2. The third-order valence-corrected chi connectivity index (χ3v) is 3.49. The van der Waals surface area contributed by atoms with E-state index in [0.717, 1.165) is 51.9 Å². The van der Waals surface area contributed by atoms with E-state index >= 15 is 0 Å². The summed E-state index contributed by atoms with van der Waals surface area (Å²) in [5, 5.41) is 3.16. The molecule has 92 valence electrons. The minimum absolute atomic E-state index is 0.287. The molecular weight excluding hydrogens is 204 g/mol. The minimum atomic E-state index is 0.287. The highest BCUT2D eigenvalue weighted by Gasteiger charge is 2.31. The van der Waals surface area contributed by atoms with Crippen LogP contribution in [0.5, 0.6) is 0 Å². The molecule has 0 aromatic rings. The van der Waals surface area contributed by atoms with E-state index in [2.05, 4.69) is 10.2 Å². The number of nitrogens with one attached hydrogen (secondary N) is 1. The zero-order valence-electron chi connectivity index (χ0n) is 10.1. The first-order chi connectivity index (χ1) is 7.79. The predicted molar refractivity (Wildman–Crippen MR) is 62.2 cm³/mol. The zero-order valence-corrected chi connectivity index (χ0v) is 10.1. The third-order valence-electron chi connectivity index (χ3n) is 3.49. The Bertz CT molecular complexity index is 233. The van der Waals surface area contributed by atoms with Crippen LogP contribution < -0.4 is 5.32 Å². The lowest BCUT2D eigenvalue weighted by Crippen LogP contribution is -2.45. The van der Waals surface area contributed by atoms with Gasteiger partial charge in [0.1, 0.15) is 0 Å². The van der Waals surface area contributed by atoms with Gasteiger partial charge in [0.05, 0.1) is 6.61 Å². The number of rotatable bonds is 5. The van der Waals surface area contributed by atoms with Crippen molar-refractivity contribution >= 4 is 5.91 Å². The molecule has 1 amide bonds. The van der Waals surface area contributed by atoms with Crippen molar-refractivity contribution in [1.82, 2.24) is 10.2 Å². The molecule has 0 unspecified atom stereocenters. The van der Waals surface area contributed by atoms with Crippen molar-refractivity contribution in [2.75, 3.05) is 33.4 Å². The summed E-state index contributed by atoms with van der Waals surface area (Å²) in [6, 6.07) is 0.409. The van der Waals surface area contributed by atoms with Gasteiger partial charge in [0.2, 0.25) is 5.91 Å². The maximum absolute atomic E-state index is 11.6. The van der Waals surface area contributed by atoms with Crippen molar-refractivity contribution in [2.45, 2.75) is 31.7 Å². The molecule has 2 aliphatic rings. The van der Waals surface area contributed by atoms with Crippen LogP contribution in [0.25, 0.3) is 0 Å². The van der Waals surface area contributed by atoms with Crippen LogP contribution in [0, 0.1) is 5.92 Å². The van der Waals surface area contributed by atoms with E-state index in [-0.39, 0.29) is 5.91 Å². The molecule has 4 heteroatoms. The van der Waals surface area contributed by atoms with Crippen LogP contribution in [0.15, 0.2) is 0 Å². The van der Waals surface area contributed by atoms with Crippen molar-refractivity contribution < 1.29 is 9.53 Å². The fourth-order valence-corrected chi connectivity index (χ4v) is 2.19. The van der Waals surface area contributed by atoms with E-state index in [1.54, 1.807) is 7.11 Å². The summed E-state index contributed by atoms with van der Waals surface area (Å²) in [6.07, 6.45) is 4.36. The van der Waals surface area contributed by atoms with Gasteiger partial charge in [-0.3, -0.25) is 4.79 Å². The summed E-state index contributed by atoms with van der Waals surface area (Å²) < 4.78 is 5.06. The van der Waals surface area contributed by atoms with Crippen molar-refractivity contribution in [3.8, 4) is 0 Å². The molecule has 1 saturated heterocycles. The van der Waals surface area contributed by atoms with Crippen LogP contribution in [0.4, 0.5) is 0 Å². The highest BCUT2D eigenvalue weighted by Crippen LogP contribution is 2.29. The van der Waals surface area contributed by atoms with Crippen LogP contribution >= 0.6 is 0 Å². The number of piperidine rings is 1. The lowest BCUT2D eigenvalue weighted by molar-refractivity contribution is -0.123. The number of likely N-dealkylation sites (tertiary alicyclic amines) is 1. The van der Waals surface area contributed by atoms with Gasteiger partial charge in [0.15, 0.2) is 0 Å². The summed E-state index contributed by atoms with van der Waals surface area (Å²) in [6.45, 7) is 3.98. The van der Waals surface area contributed by atoms with Gasteiger partial charge in [0, 0.05) is 38.7 Å². The monoisotopic (exact) mass is 226 g/mol. The number of nitrogens with zero attached hydrogens (tertiary/aromatic N) is 1. The van der Waals surface area contributed by atoms with E-state index in [0.29, 0.717) is 12.0 Å². The van der Waals surface area contributed by atoms with Gasteiger partial charge in [-0.1, -0.05) is 0 Å². The van der Waals surface area contributed by atoms with Gasteiger partial charge in [-0.05, 0) is 25.7 Å². The minimum Gasteiger partial charge on any atom is -0.383 e. The molecule has 0 aromatic heterocycles. The van der Waals surface area contributed by atoms with Crippen LogP contribution in [-0.4, -0.2) is 50.2 Å². The van der Waals surface area contributed by atoms with Crippen LogP contribution in [-0.2, 0) is 9.53 Å². The average Bonchev–Trinajstić information content (AvgIpc) is 3.12. The molecule has 0 aromatic carbocycles. The Kier molecular flexibility index (Phi) is 4.18. The zero-order chi connectivity index (χ0) is 11.4. The smallest absolute Gasteiger partial charge is 0.223 e. The Labute approximate surface area is 97.3 Å². The van der Waals surface area contributed by atoms with E-state index in [4.69, 9.17) is 4.74 Å². The lowest BCUT2D eigenvalue weighted by atomic mass is 10.0. The second kappa shape index (κ2) is 5.64. The molecule has 1 saturated carbocycles. The van der Waals surface area contributed by atoms with E-state index in [1.807, 2.05) is 0 Å². The fourth-order valence-electron chi connectivity index (χ4n) is 2.19. The molecule has 1 heterocycles. The first kappa shape index (κ1) is 11.9. The number of carbonyl (C=O) groups excluding carboxylic acids is 1. The topological polar surface area (TPSA) is 41.6 Å². The second-order valence-electron chi connectivity index (χ2n) is 4.89. The average molecular weight is 226 g/mol. The Balaban J connectivity index is 1.62. The largest absolute Gasteiger partial charge is 0.383 e. The molecule has 0 atom stereocenters. The van der Waals surface area contributed by atoms with Gasteiger partial charge in [-0.15, -0.1) is 0 Å². The van der Waals surface area contributed by atoms with Gasteiger partial charge in [0.25, 0.3) is 0 Å². The fraction of sp³-hybridized carbons (Fsp3) is 0.917. The van der Waals surface area contributed by atoms with Crippen molar-refractivity contribution in [3.63, 3.8) is 0 Å².